The van der Waals surface area contributed by atoms with E-state index in [1.54, 1.807) is 13.1 Å². The molecule has 22 heavy (non-hydrogen) atoms. The van der Waals surface area contributed by atoms with Crippen molar-refractivity contribution in [2.24, 2.45) is 0 Å². The Labute approximate surface area is 127 Å². The molecule has 0 N–H and O–H groups in total. The van der Waals surface area contributed by atoms with Crippen molar-refractivity contribution in [3.05, 3.63) is 52.7 Å². The number of aryl methyl sites for hydroxylation is 1. The van der Waals surface area contributed by atoms with Gasteiger partial charge in [-0.3, -0.25) is 4.40 Å². The molecular weight excluding hydrogens is 322 g/mol. The molecule has 0 spiro atoms. The first-order chi connectivity index (χ1) is 10.3. The third-order valence-electron chi connectivity index (χ3n) is 3.08. The molecule has 0 bridgehead atoms. The fourth-order valence-corrected chi connectivity index (χ4v) is 2.32. The van der Waals surface area contributed by atoms with E-state index < -0.39 is 17.6 Å². The summed E-state index contributed by atoms with van der Waals surface area (Å²) in [5, 5.41) is 0.0763. The number of nitrogens with zero attached hydrogens (tertiary/aromatic N) is 3. The number of halogens is 5. The molecule has 3 nitrogen and oxygen atoms in total. The van der Waals surface area contributed by atoms with Crippen molar-refractivity contribution in [1.29, 1.82) is 0 Å². The highest BCUT2D eigenvalue weighted by Crippen LogP contribution is 2.32. The highest BCUT2D eigenvalue weighted by Gasteiger charge is 2.31. The van der Waals surface area contributed by atoms with Crippen LogP contribution in [-0.2, 0) is 6.18 Å². The Bertz CT molecular complexity index is 870. The topological polar surface area (TPSA) is 30.2 Å². The van der Waals surface area contributed by atoms with E-state index in [0.717, 1.165) is 12.1 Å². The maximum absolute atomic E-state index is 14.1. The van der Waals surface area contributed by atoms with E-state index in [2.05, 4.69) is 9.97 Å². The van der Waals surface area contributed by atoms with Crippen LogP contribution in [0.2, 0.25) is 5.15 Å². The van der Waals surface area contributed by atoms with Gasteiger partial charge in [-0.25, -0.2) is 14.4 Å². The fraction of sp³-hybridized carbons (Fsp3) is 0.143. The van der Waals surface area contributed by atoms with Gasteiger partial charge in [0.2, 0.25) is 0 Å². The number of aromatic nitrogens is 3. The highest BCUT2D eigenvalue weighted by atomic mass is 35.5. The van der Waals surface area contributed by atoms with Crippen LogP contribution in [0.1, 0.15) is 11.3 Å². The largest absolute Gasteiger partial charge is 0.416 e. The predicted octanol–water partition coefficient (Wildman–Crippen LogP) is 4.52. The van der Waals surface area contributed by atoms with Gasteiger partial charge in [-0.15, -0.1) is 0 Å². The van der Waals surface area contributed by atoms with Crippen molar-refractivity contribution >= 4 is 17.2 Å². The zero-order chi connectivity index (χ0) is 16.1. The van der Waals surface area contributed by atoms with Crippen LogP contribution in [0.4, 0.5) is 17.6 Å². The fourth-order valence-electron chi connectivity index (χ4n) is 2.14. The van der Waals surface area contributed by atoms with Gasteiger partial charge < -0.3 is 0 Å². The second-order valence-corrected chi connectivity index (χ2v) is 5.09. The summed E-state index contributed by atoms with van der Waals surface area (Å²) in [6.07, 6.45) is -3.01. The van der Waals surface area contributed by atoms with Gasteiger partial charge in [0.15, 0.2) is 0 Å². The highest BCUT2D eigenvalue weighted by molar-refractivity contribution is 6.29. The molecule has 0 aliphatic carbocycles. The van der Waals surface area contributed by atoms with Crippen molar-refractivity contribution in [1.82, 2.24) is 14.4 Å². The summed E-state index contributed by atoms with van der Waals surface area (Å²) < 4.78 is 53.4. The molecule has 0 saturated heterocycles. The maximum Gasteiger partial charge on any atom is 0.416 e. The van der Waals surface area contributed by atoms with E-state index in [-0.39, 0.29) is 16.5 Å². The summed E-state index contributed by atoms with van der Waals surface area (Å²) in [5.41, 5.74) is -0.0591. The molecule has 3 aromatic rings. The zero-order valence-electron chi connectivity index (χ0n) is 11.1. The van der Waals surface area contributed by atoms with Crippen LogP contribution in [0.15, 0.2) is 30.5 Å². The Morgan fingerprint density at radius 2 is 1.86 bits per heavy atom. The van der Waals surface area contributed by atoms with E-state index in [9.17, 15) is 17.6 Å². The average Bonchev–Trinajstić information content (AvgIpc) is 2.77. The van der Waals surface area contributed by atoms with Gasteiger partial charge >= 0.3 is 6.18 Å². The quantitative estimate of drug-likeness (QED) is 0.485. The number of rotatable bonds is 1. The lowest BCUT2D eigenvalue weighted by molar-refractivity contribution is -0.137. The minimum absolute atomic E-state index is 0.0763. The Morgan fingerprint density at radius 3 is 2.50 bits per heavy atom. The standard InChI is InChI=1S/C14H8ClF4N3/c1-7-6-22-12(20-7)5-11(15)21-13(22)9-3-2-8(4-10(9)16)14(17,18)19/h2-6H,1H3. The van der Waals surface area contributed by atoms with Crippen LogP contribution in [0, 0.1) is 12.7 Å². The number of hydrogen-bond donors (Lipinski definition) is 0. The second-order valence-electron chi connectivity index (χ2n) is 4.71. The number of alkyl halides is 3. The first-order valence-corrected chi connectivity index (χ1v) is 6.53. The average molecular weight is 330 g/mol. The van der Waals surface area contributed by atoms with Gasteiger partial charge in [-0.2, -0.15) is 13.2 Å². The smallest absolute Gasteiger partial charge is 0.283 e. The van der Waals surface area contributed by atoms with Crippen molar-refractivity contribution in [3.8, 4) is 11.4 Å². The SMILES string of the molecule is Cc1cn2c(-c3ccc(C(F)(F)F)cc3F)nc(Cl)cc2n1. The minimum Gasteiger partial charge on any atom is -0.283 e. The van der Waals surface area contributed by atoms with Crippen LogP contribution in [0.25, 0.3) is 17.0 Å². The zero-order valence-corrected chi connectivity index (χ0v) is 11.9. The molecule has 0 radical (unpaired) electrons. The summed E-state index contributed by atoms with van der Waals surface area (Å²) in [4.78, 5) is 8.19. The normalized spacial score (nSPS) is 12.1. The van der Waals surface area contributed by atoms with Gasteiger partial charge in [-0.05, 0) is 25.1 Å². The van der Waals surface area contributed by atoms with Gasteiger partial charge in [-0.1, -0.05) is 11.6 Å². The number of fused-ring (bicyclic) bond motifs is 1. The van der Waals surface area contributed by atoms with Crippen molar-refractivity contribution < 1.29 is 17.6 Å². The molecule has 0 amide bonds. The van der Waals surface area contributed by atoms with Crippen LogP contribution < -0.4 is 0 Å². The summed E-state index contributed by atoms with van der Waals surface area (Å²) in [6, 6.07) is 3.76. The maximum atomic E-state index is 14.1. The molecule has 0 atom stereocenters. The Balaban J connectivity index is 2.23. The van der Waals surface area contributed by atoms with E-state index in [1.165, 1.54) is 10.5 Å². The summed E-state index contributed by atoms with van der Waals surface area (Å²) in [7, 11) is 0. The van der Waals surface area contributed by atoms with E-state index in [4.69, 9.17) is 11.6 Å². The lowest BCUT2D eigenvalue weighted by atomic mass is 10.1. The Kier molecular flexibility index (Phi) is 3.32. The van der Waals surface area contributed by atoms with Gasteiger partial charge in [0.25, 0.3) is 0 Å². The number of benzene rings is 1. The third-order valence-corrected chi connectivity index (χ3v) is 3.27. The van der Waals surface area contributed by atoms with Crippen LogP contribution in [0.3, 0.4) is 0 Å². The molecule has 0 aliphatic rings. The molecule has 2 aromatic heterocycles. The number of imidazole rings is 1. The molecule has 3 rings (SSSR count). The van der Waals surface area contributed by atoms with Gasteiger partial charge in [0.1, 0.15) is 22.4 Å². The van der Waals surface area contributed by atoms with Crippen LogP contribution in [-0.4, -0.2) is 14.4 Å². The minimum atomic E-state index is -4.61. The molecule has 0 aliphatic heterocycles. The molecule has 0 fully saturated rings. The lowest BCUT2D eigenvalue weighted by Crippen LogP contribution is -2.06. The summed E-state index contributed by atoms with van der Waals surface area (Å²) in [5.74, 6) is -0.938. The van der Waals surface area contributed by atoms with Gasteiger partial charge in [0.05, 0.1) is 16.8 Å². The molecule has 0 unspecified atom stereocenters. The van der Waals surface area contributed by atoms with Crippen molar-refractivity contribution in [2.75, 3.05) is 0 Å². The summed E-state index contributed by atoms with van der Waals surface area (Å²) >= 11 is 5.87. The Hall–Kier alpha value is -2.15. The molecule has 114 valence electrons. The van der Waals surface area contributed by atoms with E-state index in [0.29, 0.717) is 17.4 Å². The molecule has 0 saturated carbocycles. The Morgan fingerprint density at radius 1 is 1.14 bits per heavy atom. The van der Waals surface area contributed by atoms with E-state index >= 15 is 0 Å². The van der Waals surface area contributed by atoms with Crippen LogP contribution in [0.5, 0.6) is 0 Å². The molecular formula is C14H8ClF4N3. The van der Waals surface area contributed by atoms with Crippen LogP contribution >= 0.6 is 11.6 Å². The molecule has 1 aromatic carbocycles. The van der Waals surface area contributed by atoms with Crippen molar-refractivity contribution in [3.63, 3.8) is 0 Å². The second kappa shape index (κ2) is 4.95. The van der Waals surface area contributed by atoms with E-state index in [1.807, 2.05) is 0 Å². The van der Waals surface area contributed by atoms with Gasteiger partial charge in [0, 0.05) is 12.3 Å². The van der Waals surface area contributed by atoms with Crippen molar-refractivity contribution in [2.45, 2.75) is 13.1 Å². The molecule has 2 heterocycles. The third kappa shape index (κ3) is 2.52. The predicted molar refractivity (Wildman–Crippen MR) is 73.1 cm³/mol. The number of hydrogen-bond acceptors (Lipinski definition) is 2. The first-order valence-electron chi connectivity index (χ1n) is 6.15. The monoisotopic (exact) mass is 329 g/mol. The first kappa shape index (κ1) is 14.8. The lowest BCUT2D eigenvalue weighted by Gasteiger charge is -2.10. The summed E-state index contributed by atoms with van der Waals surface area (Å²) in [6.45, 7) is 1.73. The molecule has 8 heteroatoms.